The monoisotopic (exact) mass is 382 g/mol. The molecule has 0 aliphatic carbocycles. The Kier molecular flexibility index (Phi) is 5.86. The minimum atomic E-state index is 0.128. The number of alkyl halides is 1. The molecule has 0 fully saturated rings. The van der Waals surface area contributed by atoms with Crippen LogP contribution in [-0.4, -0.2) is 11.5 Å². The van der Waals surface area contributed by atoms with Gasteiger partial charge in [-0.05, 0) is 35.7 Å². The van der Waals surface area contributed by atoms with Crippen LogP contribution in [-0.2, 0) is 11.3 Å². The van der Waals surface area contributed by atoms with E-state index in [1.54, 1.807) is 7.11 Å². The lowest BCUT2D eigenvalue weighted by atomic mass is 10.0. The number of rotatable bonds is 6. The molecule has 0 aliphatic heterocycles. The van der Waals surface area contributed by atoms with E-state index >= 15 is 0 Å². The molecular weight excluding hydrogens is 363 g/mol. The molecule has 0 saturated carbocycles. The molecule has 0 N–H and O–H groups in total. The molecule has 1 atom stereocenters. The largest absolute Gasteiger partial charge is 0.497 e. The lowest BCUT2D eigenvalue weighted by Crippen LogP contribution is -2.07. The lowest BCUT2D eigenvalue weighted by Gasteiger charge is -2.18. The first-order chi connectivity index (χ1) is 9.74. The summed E-state index contributed by atoms with van der Waals surface area (Å²) in [7, 11) is 1.68. The van der Waals surface area contributed by atoms with Crippen LogP contribution in [0.25, 0.3) is 0 Å². The van der Waals surface area contributed by atoms with Crippen molar-refractivity contribution in [2.45, 2.75) is 19.6 Å². The zero-order valence-corrected chi connectivity index (χ0v) is 14.0. The molecule has 0 amide bonds. The molecule has 106 valence electrons. The van der Waals surface area contributed by atoms with Gasteiger partial charge in [0.15, 0.2) is 0 Å². The molecule has 2 aromatic rings. The first kappa shape index (κ1) is 15.3. The minimum Gasteiger partial charge on any atom is -0.497 e. The smallest absolute Gasteiger partial charge is 0.119 e. The number of methoxy groups -OCH3 is 1. The molecule has 0 spiro atoms. The zero-order valence-electron chi connectivity index (χ0n) is 11.8. The number of hydrogen-bond donors (Lipinski definition) is 0. The van der Waals surface area contributed by atoms with Crippen molar-refractivity contribution in [2.75, 3.05) is 11.5 Å². The predicted octanol–water partition coefficient (Wildman–Crippen LogP) is 4.70. The highest BCUT2D eigenvalue weighted by Crippen LogP contribution is 2.25. The summed E-state index contributed by atoms with van der Waals surface area (Å²) in [5.41, 5.74) is 3.68. The number of ether oxygens (including phenoxy) is 2. The topological polar surface area (TPSA) is 18.5 Å². The second kappa shape index (κ2) is 7.64. The quantitative estimate of drug-likeness (QED) is 0.533. The SMILES string of the molecule is COc1cccc(COC(CI)c2ccccc2C)c1. The highest BCUT2D eigenvalue weighted by molar-refractivity contribution is 14.1. The fourth-order valence-corrected chi connectivity index (χ4v) is 2.85. The molecule has 0 bridgehead atoms. The predicted molar refractivity (Wildman–Crippen MR) is 90.6 cm³/mol. The van der Waals surface area contributed by atoms with Gasteiger partial charge in [0.2, 0.25) is 0 Å². The van der Waals surface area contributed by atoms with Gasteiger partial charge in [-0.1, -0.05) is 59.0 Å². The Morgan fingerprint density at radius 3 is 2.60 bits per heavy atom. The zero-order chi connectivity index (χ0) is 14.4. The molecule has 2 nitrogen and oxygen atoms in total. The Hall–Kier alpha value is -1.07. The molecule has 0 heterocycles. The lowest BCUT2D eigenvalue weighted by molar-refractivity contribution is 0.0572. The van der Waals surface area contributed by atoms with E-state index in [4.69, 9.17) is 9.47 Å². The van der Waals surface area contributed by atoms with Gasteiger partial charge >= 0.3 is 0 Å². The van der Waals surface area contributed by atoms with Gasteiger partial charge in [-0.2, -0.15) is 0 Å². The molecule has 2 rings (SSSR count). The van der Waals surface area contributed by atoms with Gasteiger partial charge in [-0.25, -0.2) is 0 Å². The third-order valence-corrected chi connectivity index (χ3v) is 4.06. The van der Waals surface area contributed by atoms with Gasteiger partial charge in [0.05, 0.1) is 19.8 Å². The summed E-state index contributed by atoms with van der Waals surface area (Å²) in [5.74, 6) is 0.869. The second-order valence-electron chi connectivity index (χ2n) is 4.66. The van der Waals surface area contributed by atoms with E-state index in [0.29, 0.717) is 6.61 Å². The summed E-state index contributed by atoms with van der Waals surface area (Å²) < 4.78 is 12.3. The molecule has 0 aliphatic rings. The van der Waals surface area contributed by atoms with Crippen molar-refractivity contribution in [1.29, 1.82) is 0 Å². The second-order valence-corrected chi connectivity index (χ2v) is 5.54. The maximum Gasteiger partial charge on any atom is 0.119 e. The fourth-order valence-electron chi connectivity index (χ4n) is 2.12. The van der Waals surface area contributed by atoms with Crippen molar-refractivity contribution in [3.63, 3.8) is 0 Å². The third kappa shape index (κ3) is 3.96. The van der Waals surface area contributed by atoms with E-state index in [1.807, 2.05) is 18.2 Å². The summed E-state index contributed by atoms with van der Waals surface area (Å²) >= 11 is 2.38. The van der Waals surface area contributed by atoms with Crippen LogP contribution in [0.2, 0.25) is 0 Å². The van der Waals surface area contributed by atoms with Crippen molar-refractivity contribution < 1.29 is 9.47 Å². The molecule has 3 heteroatoms. The molecule has 0 saturated heterocycles. The van der Waals surface area contributed by atoms with Crippen molar-refractivity contribution in [2.24, 2.45) is 0 Å². The van der Waals surface area contributed by atoms with Crippen LogP contribution in [0.3, 0.4) is 0 Å². The molecule has 2 aromatic carbocycles. The number of aryl methyl sites for hydroxylation is 1. The van der Waals surface area contributed by atoms with Gasteiger partial charge in [0.1, 0.15) is 5.75 Å². The van der Waals surface area contributed by atoms with Crippen LogP contribution in [0.4, 0.5) is 0 Å². The Morgan fingerprint density at radius 2 is 1.90 bits per heavy atom. The maximum absolute atomic E-state index is 6.08. The molecule has 1 unspecified atom stereocenters. The standard InChI is InChI=1S/C17H19IO2/c1-13-6-3-4-9-16(13)17(11-18)20-12-14-7-5-8-15(10-14)19-2/h3-10,17H,11-12H2,1-2H3. The van der Waals surface area contributed by atoms with Crippen LogP contribution in [0, 0.1) is 6.92 Å². The normalized spacial score (nSPS) is 12.2. The van der Waals surface area contributed by atoms with Crippen LogP contribution in [0.5, 0.6) is 5.75 Å². The summed E-state index contributed by atoms with van der Waals surface area (Å²) in [5, 5.41) is 0. The summed E-state index contributed by atoms with van der Waals surface area (Å²) in [4.78, 5) is 0. The summed E-state index contributed by atoms with van der Waals surface area (Å²) in [6.07, 6.45) is 0.128. The molecule has 20 heavy (non-hydrogen) atoms. The highest BCUT2D eigenvalue weighted by atomic mass is 127. The Balaban J connectivity index is 2.06. The Bertz CT molecular complexity index is 554. The Labute approximate surface area is 134 Å². The summed E-state index contributed by atoms with van der Waals surface area (Å²) in [6.45, 7) is 2.72. The van der Waals surface area contributed by atoms with Crippen LogP contribution < -0.4 is 4.74 Å². The van der Waals surface area contributed by atoms with E-state index in [2.05, 4.69) is 59.8 Å². The van der Waals surface area contributed by atoms with Crippen LogP contribution in [0.1, 0.15) is 22.8 Å². The van der Waals surface area contributed by atoms with Crippen molar-refractivity contribution >= 4 is 22.6 Å². The highest BCUT2D eigenvalue weighted by Gasteiger charge is 2.12. The van der Waals surface area contributed by atoms with E-state index in [0.717, 1.165) is 15.7 Å². The molecule has 0 radical (unpaired) electrons. The molecular formula is C17H19IO2. The van der Waals surface area contributed by atoms with Crippen molar-refractivity contribution in [3.8, 4) is 5.75 Å². The average molecular weight is 382 g/mol. The van der Waals surface area contributed by atoms with Crippen molar-refractivity contribution in [3.05, 3.63) is 65.2 Å². The van der Waals surface area contributed by atoms with Gasteiger partial charge in [-0.3, -0.25) is 0 Å². The van der Waals surface area contributed by atoms with Crippen LogP contribution >= 0.6 is 22.6 Å². The van der Waals surface area contributed by atoms with E-state index in [9.17, 15) is 0 Å². The van der Waals surface area contributed by atoms with Gasteiger partial charge in [0, 0.05) is 4.43 Å². The number of hydrogen-bond acceptors (Lipinski definition) is 2. The molecule has 0 aromatic heterocycles. The average Bonchev–Trinajstić information content (AvgIpc) is 2.49. The number of halogens is 1. The Morgan fingerprint density at radius 1 is 1.10 bits per heavy atom. The van der Waals surface area contributed by atoms with E-state index in [-0.39, 0.29) is 6.10 Å². The van der Waals surface area contributed by atoms with Crippen molar-refractivity contribution in [1.82, 2.24) is 0 Å². The van der Waals surface area contributed by atoms with Gasteiger partial charge < -0.3 is 9.47 Å². The maximum atomic E-state index is 6.08. The van der Waals surface area contributed by atoms with E-state index in [1.165, 1.54) is 11.1 Å². The van der Waals surface area contributed by atoms with Gasteiger partial charge in [0.25, 0.3) is 0 Å². The number of benzene rings is 2. The minimum absolute atomic E-state index is 0.128. The fraction of sp³-hybridized carbons (Fsp3) is 0.294. The third-order valence-electron chi connectivity index (χ3n) is 3.26. The van der Waals surface area contributed by atoms with Crippen LogP contribution in [0.15, 0.2) is 48.5 Å². The first-order valence-electron chi connectivity index (χ1n) is 6.60. The summed E-state index contributed by atoms with van der Waals surface area (Å²) in [6, 6.07) is 16.4. The first-order valence-corrected chi connectivity index (χ1v) is 8.13. The van der Waals surface area contributed by atoms with E-state index < -0.39 is 0 Å². The van der Waals surface area contributed by atoms with Gasteiger partial charge in [-0.15, -0.1) is 0 Å².